The van der Waals surface area contributed by atoms with Gasteiger partial charge in [-0.1, -0.05) is 27.2 Å². The second-order valence-electron chi connectivity index (χ2n) is 6.28. The van der Waals surface area contributed by atoms with E-state index in [0.29, 0.717) is 11.3 Å². The number of aromatic nitrogens is 2. The Morgan fingerprint density at radius 2 is 1.83 bits per heavy atom. The minimum Gasteiger partial charge on any atom is -0.385 e. The molecule has 1 heterocycles. The summed E-state index contributed by atoms with van der Waals surface area (Å²) in [6.07, 6.45) is 10.0. The van der Waals surface area contributed by atoms with Gasteiger partial charge in [-0.25, -0.2) is 9.97 Å². The van der Waals surface area contributed by atoms with Gasteiger partial charge < -0.3 is 5.11 Å². The van der Waals surface area contributed by atoms with Crippen molar-refractivity contribution in [3.8, 4) is 0 Å². The molecule has 1 aromatic heterocycles. The van der Waals surface area contributed by atoms with Crippen molar-refractivity contribution in [2.45, 2.75) is 58.5 Å². The van der Waals surface area contributed by atoms with Crippen LogP contribution in [0.15, 0.2) is 18.7 Å². The molecule has 0 amide bonds. The van der Waals surface area contributed by atoms with Crippen LogP contribution in [0.1, 0.15) is 58.4 Å². The monoisotopic (exact) mass is 248 g/mol. The lowest BCUT2D eigenvalue weighted by Crippen LogP contribution is -2.36. The summed E-state index contributed by atoms with van der Waals surface area (Å²) >= 11 is 0. The molecule has 1 fully saturated rings. The molecule has 1 aliphatic rings. The van der Waals surface area contributed by atoms with Crippen LogP contribution < -0.4 is 0 Å². The number of hydrogen-bond acceptors (Lipinski definition) is 3. The standard InChI is InChI=1S/C15H24N2O/c1-4-14(2,3)12-5-7-15(18,8-6-12)13-9-16-11-17-10-13/h9-12,18H,4-8H2,1-3H3. The van der Waals surface area contributed by atoms with Crippen LogP contribution in [-0.2, 0) is 5.60 Å². The van der Waals surface area contributed by atoms with Crippen LogP contribution in [0.25, 0.3) is 0 Å². The Kier molecular flexibility index (Phi) is 3.71. The van der Waals surface area contributed by atoms with E-state index in [1.165, 1.54) is 12.7 Å². The van der Waals surface area contributed by atoms with Gasteiger partial charge in [-0.2, -0.15) is 0 Å². The van der Waals surface area contributed by atoms with Gasteiger partial charge in [-0.05, 0) is 37.0 Å². The van der Waals surface area contributed by atoms with Crippen LogP contribution in [-0.4, -0.2) is 15.1 Å². The number of nitrogens with zero attached hydrogens (tertiary/aromatic N) is 2. The average Bonchev–Trinajstić information content (AvgIpc) is 2.40. The van der Waals surface area contributed by atoms with Gasteiger partial charge in [0.15, 0.2) is 0 Å². The van der Waals surface area contributed by atoms with Crippen molar-refractivity contribution in [1.29, 1.82) is 0 Å². The molecule has 0 spiro atoms. The zero-order valence-corrected chi connectivity index (χ0v) is 11.7. The molecule has 1 aliphatic carbocycles. The first-order chi connectivity index (χ1) is 8.48. The quantitative estimate of drug-likeness (QED) is 0.892. The summed E-state index contributed by atoms with van der Waals surface area (Å²) in [4.78, 5) is 8.04. The molecule has 1 saturated carbocycles. The Hall–Kier alpha value is -0.960. The molecule has 100 valence electrons. The zero-order valence-electron chi connectivity index (χ0n) is 11.7. The van der Waals surface area contributed by atoms with E-state index in [2.05, 4.69) is 30.7 Å². The molecular weight excluding hydrogens is 224 g/mol. The minimum absolute atomic E-state index is 0.383. The van der Waals surface area contributed by atoms with Gasteiger partial charge in [0.2, 0.25) is 0 Å². The Labute approximate surface area is 110 Å². The maximum absolute atomic E-state index is 10.7. The van der Waals surface area contributed by atoms with E-state index in [9.17, 15) is 5.11 Å². The fourth-order valence-electron chi connectivity index (χ4n) is 2.99. The van der Waals surface area contributed by atoms with Crippen LogP contribution in [0.5, 0.6) is 0 Å². The Morgan fingerprint density at radius 3 is 2.33 bits per heavy atom. The molecular formula is C15H24N2O. The van der Waals surface area contributed by atoms with E-state index in [0.717, 1.165) is 31.2 Å². The highest BCUT2D eigenvalue weighted by Gasteiger charge is 2.39. The van der Waals surface area contributed by atoms with E-state index < -0.39 is 5.60 Å². The van der Waals surface area contributed by atoms with E-state index in [-0.39, 0.29) is 0 Å². The van der Waals surface area contributed by atoms with Crippen LogP contribution in [0.3, 0.4) is 0 Å². The van der Waals surface area contributed by atoms with Gasteiger partial charge in [-0.3, -0.25) is 0 Å². The van der Waals surface area contributed by atoms with Crippen LogP contribution in [0.4, 0.5) is 0 Å². The first-order valence-electron chi connectivity index (χ1n) is 6.96. The predicted octanol–water partition coefficient (Wildman–Crippen LogP) is 3.29. The summed E-state index contributed by atoms with van der Waals surface area (Å²) in [5, 5.41) is 10.7. The maximum atomic E-state index is 10.7. The third-order valence-corrected chi connectivity index (χ3v) is 4.93. The molecule has 0 radical (unpaired) electrons. The predicted molar refractivity (Wildman–Crippen MR) is 72.0 cm³/mol. The van der Waals surface area contributed by atoms with Gasteiger partial charge in [0.1, 0.15) is 6.33 Å². The lowest BCUT2D eigenvalue weighted by Gasteiger charge is -2.42. The van der Waals surface area contributed by atoms with Crippen LogP contribution in [0.2, 0.25) is 0 Å². The smallest absolute Gasteiger partial charge is 0.115 e. The SMILES string of the molecule is CCC(C)(C)C1CCC(O)(c2cncnc2)CC1. The summed E-state index contributed by atoms with van der Waals surface area (Å²) < 4.78 is 0. The van der Waals surface area contributed by atoms with Gasteiger partial charge in [0, 0.05) is 18.0 Å². The lowest BCUT2D eigenvalue weighted by molar-refractivity contribution is -0.0333. The molecule has 18 heavy (non-hydrogen) atoms. The Morgan fingerprint density at radius 1 is 1.28 bits per heavy atom. The van der Waals surface area contributed by atoms with Crippen molar-refractivity contribution < 1.29 is 5.11 Å². The second-order valence-corrected chi connectivity index (χ2v) is 6.28. The highest BCUT2D eigenvalue weighted by atomic mass is 16.3. The molecule has 2 rings (SSSR count). The summed E-state index contributed by atoms with van der Waals surface area (Å²) in [6, 6.07) is 0. The molecule has 0 unspecified atom stereocenters. The largest absolute Gasteiger partial charge is 0.385 e. The Bertz CT molecular complexity index is 381. The van der Waals surface area contributed by atoms with E-state index in [1.807, 2.05) is 0 Å². The number of hydrogen-bond donors (Lipinski definition) is 1. The molecule has 3 heteroatoms. The van der Waals surface area contributed by atoms with Crippen molar-refractivity contribution in [3.05, 3.63) is 24.3 Å². The molecule has 0 bridgehead atoms. The zero-order chi connectivity index (χ0) is 13.2. The third kappa shape index (κ3) is 2.56. The average molecular weight is 248 g/mol. The number of rotatable bonds is 3. The molecule has 1 aromatic rings. The summed E-state index contributed by atoms with van der Waals surface area (Å²) in [6.45, 7) is 6.94. The van der Waals surface area contributed by atoms with Crippen molar-refractivity contribution in [2.24, 2.45) is 11.3 Å². The summed E-state index contributed by atoms with van der Waals surface area (Å²) in [5.74, 6) is 0.715. The lowest BCUT2D eigenvalue weighted by atomic mass is 9.65. The molecule has 0 atom stereocenters. The van der Waals surface area contributed by atoms with Crippen molar-refractivity contribution >= 4 is 0 Å². The Balaban J connectivity index is 2.06. The van der Waals surface area contributed by atoms with Crippen molar-refractivity contribution in [2.75, 3.05) is 0 Å². The second kappa shape index (κ2) is 4.96. The van der Waals surface area contributed by atoms with Crippen LogP contribution >= 0.6 is 0 Å². The first kappa shape index (κ1) is 13.5. The highest BCUT2D eigenvalue weighted by molar-refractivity contribution is 5.15. The maximum Gasteiger partial charge on any atom is 0.115 e. The van der Waals surface area contributed by atoms with E-state index >= 15 is 0 Å². The van der Waals surface area contributed by atoms with Gasteiger partial charge in [-0.15, -0.1) is 0 Å². The van der Waals surface area contributed by atoms with Crippen LogP contribution in [0, 0.1) is 11.3 Å². The fourth-order valence-corrected chi connectivity index (χ4v) is 2.99. The normalized spacial score (nSPS) is 29.2. The first-order valence-corrected chi connectivity index (χ1v) is 6.96. The van der Waals surface area contributed by atoms with Gasteiger partial charge in [0.05, 0.1) is 5.60 Å². The summed E-state index contributed by atoms with van der Waals surface area (Å²) in [5.41, 5.74) is 0.550. The third-order valence-electron chi connectivity index (χ3n) is 4.93. The molecule has 0 aromatic carbocycles. The van der Waals surface area contributed by atoms with E-state index in [1.54, 1.807) is 12.4 Å². The summed E-state index contributed by atoms with van der Waals surface area (Å²) in [7, 11) is 0. The molecule has 0 aliphatic heterocycles. The topological polar surface area (TPSA) is 46.0 Å². The molecule has 1 N–H and O–H groups in total. The van der Waals surface area contributed by atoms with Crippen molar-refractivity contribution in [1.82, 2.24) is 9.97 Å². The van der Waals surface area contributed by atoms with E-state index in [4.69, 9.17) is 0 Å². The number of aliphatic hydroxyl groups is 1. The van der Waals surface area contributed by atoms with Gasteiger partial charge in [0.25, 0.3) is 0 Å². The van der Waals surface area contributed by atoms with Gasteiger partial charge >= 0.3 is 0 Å². The molecule has 0 saturated heterocycles. The molecule has 3 nitrogen and oxygen atoms in total. The minimum atomic E-state index is -0.707. The highest BCUT2D eigenvalue weighted by Crippen LogP contribution is 2.46. The van der Waals surface area contributed by atoms with Crippen molar-refractivity contribution in [3.63, 3.8) is 0 Å². The fraction of sp³-hybridized carbons (Fsp3) is 0.733.